The predicted octanol–water partition coefficient (Wildman–Crippen LogP) is 0.460. The molecule has 5 heteroatoms. The van der Waals surface area contributed by atoms with Crippen molar-refractivity contribution < 1.29 is 9.46 Å². The van der Waals surface area contributed by atoms with Crippen LogP contribution in [0.25, 0.3) is 0 Å². The summed E-state index contributed by atoms with van der Waals surface area (Å²) in [5, 5.41) is 0. The van der Waals surface area contributed by atoms with Gasteiger partial charge in [-0.25, -0.2) is 4.57 Å². The van der Waals surface area contributed by atoms with E-state index in [9.17, 15) is 0 Å². The summed E-state index contributed by atoms with van der Waals surface area (Å²) in [6.45, 7) is 0. The van der Waals surface area contributed by atoms with Gasteiger partial charge in [0.15, 0.2) is 0 Å². The maximum atomic E-state index is 8.46. The molecule has 0 rings (SSSR count). The van der Waals surface area contributed by atoms with Crippen molar-refractivity contribution >= 4 is 22.2 Å². The van der Waals surface area contributed by atoms with Gasteiger partial charge in [0.05, 0.1) is 0 Å². The van der Waals surface area contributed by atoms with Crippen LogP contribution in [0, 0.1) is 0 Å². The Morgan fingerprint density at radius 2 is 1.60 bits per heavy atom. The first-order valence-corrected chi connectivity index (χ1v) is 1.15. The molecule has 0 radical (unpaired) electrons. The SMILES string of the molecule is N.O=PO.S. The van der Waals surface area contributed by atoms with E-state index in [2.05, 4.69) is 0 Å². The van der Waals surface area contributed by atoms with Crippen LogP contribution in [-0.4, -0.2) is 4.89 Å². The Balaban J connectivity index is -0.0000000200. The van der Waals surface area contributed by atoms with Crippen molar-refractivity contribution in [1.82, 2.24) is 6.15 Å². The molecule has 0 aromatic carbocycles. The van der Waals surface area contributed by atoms with Gasteiger partial charge in [-0.3, -0.25) is 0 Å². The van der Waals surface area contributed by atoms with Crippen molar-refractivity contribution in [1.29, 1.82) is 0 Å². The topological polar surface area (TPSA) is 72.3 Å². The van der Waals surface area contributed by atoms with Crippen LogP contribution in [0.3, 0.4) is 0 Å². The molecule has 0 spiro atoms. The summed E-state index contributed by atoms with van der Waals surface area (Å²) in [4.78, 5) is 6.99. The molecular formula is H6NO2PS. The van der Waals surface area contributed by atoms with Gasteiger partial charge in [0.25, 0.3) is 0 Å². The van der Waals surface area contributed by atoms with E-state index in [1.807, 2.05) is 0 Å². The Morgan fingerprint density at radius 1 is 1.60 bits per heavy atom. The molecule has 0 saturated carbocycles. The van der Waals surface area contributed by atoms with E-state index in [0.717, 1.165) is 0 Å². The molecule has 0 aliphatic heterocycles. The Morgan fingerprint density at radius 3 is 1.60 bits per heavy atom. The van der Waals surface area contributed by atoms with Crippen LogP contribution in [0.5, 0.6) is 0 Å². The predicted molar refractivity (Wildman–Crippen MR) is 25.2 cm³/mol. The molecule has 5 heavy (non-hydrogen) atoms. The third-order valence-corrected chi connectivity index (χ3v) is 0. The lowest BCUT2D eigenvalue weighted by Gasteiger charge is -1.24. The van der Waals surface area contributed by atoms with Gasteiger partial charge in [-0.05, 0) is 0 Å². The molecule has 0 aromatic heterocycles. The molecule has 4 N–H and O–H groups in total. The zero-order valence-corrected chi connectivity index (χ0v) is 4.40. The van der Waals surface area contributed by atoms with E-state index in [1.165, 1.54) is 0 Å². The van der Waals surface area contributed by atoms with Crippen LogP contribution in [0.15, 0.2) is 0 Å². The van der Waals surface area contributed by atoms with E-state index < -0.39 is 8.69 Å². The van der Waals surface area contributed by atoms with Crippen molar-refractivity contribution in [2.75, 3.05) is 0 Å². The summed E-state index contributed by atoms with van der Waals surface area (Å²) < 4.78 is 8.46. The van der Waals surface area contributed by atoms with Crippen molar-refractivity contribution in [2.24, 2.45) is 0 Å². The molecule has 0 atom stereocenters. The molecule has 0 fully saturated rings. The first-order chi connectivity index (χ1) is 1.41. The third kappa shape index (κ3) is 179. The summed E-state index contributed by atoms with van der Waals surface area (Å²) in [5.74, 6) is 0. The normalized spacial score (nSPS) is 4.20. The standard InChI is InChI=1S/H3N.HO2P.H2S/c;1-3-2;/h1H3;(H,1,2);1H2. The summed E-state index contributed by atoms with van der Waals surface area (Å²) >= 11 is 0. The Hall–Kier alpha value is 0.370. The summed E-state index contributed by atoms with van der Waals surface area (Å²) in [7, 11) is -0.833. The highest BCUT2D eigenvalue weighted by molar-refractivity contribution is 7.59. The molecule has 34 valence electrons. The number of rotatable bonds is 0. The lowest BCUT2D eigenvalue weighted by atomic mass is 14.0. The van der Waals surface area contributed by atoms with Gasteiger partial charge in [-0.2, -0.15) is 13.5 Å². The fraction of sp³-hybridized carbons (Fsp3) is 0. The Kier molecular flexibility index (Phi) is 96.6. The number of hydrogen-bond acceptors (Lipinski definition) is 2. The van der Waals surface area contributed by atoms with E-state index in [4.69, 9.17) is 9.46 Å². The fourth-order valence-corrected chi connectivity index (χ4v) is 0. The van der Waals surface area contributed by atoms with Gasteiger partial charge in [0.2, 0.25) is 0 Å². The molecule has 0 aliphatic carbocycles. The van der Waals surface area contributed by atoms with Crippen molar-refractivity contribution in [3.8, 4) is 0 Å². The van der Waals surface area contributed by atoms with Crippen LogP contribution in [0.1, 0.15) is 0 Å². The minimum Gasteiger partial charge on any atom is -0.344 e. The smallest absolute Gasteiger partial charge is 0.324 e. The lowest BCUT2D eigenvalue weighted by Crippen LogP contribution is -1.03. The molecule has 0 heterocycles. The minimum atomic E-state index is -0.833. The van der Waals surface area contributed by atoms with E-state index in [-0.39, 0.29) is 19.6 Å². The summed E-state index contributed by atoms with van der Waals surface area (Å²) in [6.07, 6.45) is 0. The third-order valence-electron chi connectivity index (χ3n) is 0. The highest BCUT2D eigenvalue weighted by Gasteiger charge is 1.28. The Labute approximate surface area is 38.7 Å². The molecule has 0 saturated heterocycles. The average Bonchev–Trinajstić information content (AvgIpc) is 0.918. The van der Waals surface area contributed by atoms with Crippen LogP contribution in [-0.2, 0) is 4.57 Å². The quantitative estimate of drug-likeness (QED) is 0.450. The lowest BCUT2D eigenvalue weighted by molar-refractivity contribution is 0.524. The van der Waals surface area contributed by atoms with Crippen molar-refractivity contribution in [3.63, 3.8) is 0 Å². The van der Waals surface area contributed by atoms with E-state index in [0.29, 0.717) is 0 Å². The molecule has 0 amide bonds. The molecular weight excluding hydrogens is 109 g/mol. The zero-order valence-electron chi connectivity index (χ0n) is 2.51. The van der Waals surface area contributed by atoms with Gasteiger partial charge in [-0.1, -0.05) is 0 Å². The highest BCUT2D eigenvalue weighted by Crippen LogP contribution is 1.66. The summed E-state index contributed by atoms with van der Waals surface area (Å²) in [5.41, 5.74) is 0. The molecule has 0 aliphatic rings. The molecule has 3 nitrogen and oxygen atoms in total. The van der Waals surface area contributed by atoms with Gasteiger partial charge in [0, 0.05) is 0 Å². The van der Waals surface area contributed by atoms with Gasteiger partial charge in [-0.15, -0.1) is 0 Å². The number of hydrogen-bond donors (Lipinski definition) is 2. The maximum absolute atomic E-state index is 8.46. The highest BCUT2D eigenvalue weighted by atomic mass is 32.1. The van der Waals surface area contributed by atoms with Crippen molar-refractivity contribution in [2.45, 2.75) is 0 Å². The average molecular weight is 115 g/mol. The van der Waals surface area contributed by atoms with Crippen LogP contribution < -0.4 is 6.15 Å². The van der Waals surface area contributed by atoms with Crippen molar-refractivity contribution in [3.05, 3.63) is 0 Å². The molecule has 0 bridgehead atoms. The van der Waals surface area contributed by atoms with Gasteiger partial charge >= 0.3 is 8.69 Å². The van der Waals surface area contributed by atoms with Crippen LogP contribution >= 0.6 is 22.2 Å². The second kappa shape index (κ2) is 26.4. The monoisotopic (exact) mass is 115 g/mol. The van der Waals surface area contributed by atoms with E-state index in [1.54, 1.807) is 0 Å². The van der Waals surface area contributed by atoms with Gasteiger partial charge < -0.3 is 11.0 Å². The second-order valence-electron chi connectivity index (χ2n) is 0.0816. The first-order valence-electron chi connectivity index (χ1n) is 0.383. The first kappa shape index (κ1) is 18.3. The summed E-state index contributed by atoms with van der Waals surface area (Å²) in [6, 6.07) is 0. The molecule has 0 unspecified atom stereocenters. The maximum Gasteiger partial charge on any atom is 0.324 e. The Bertz CT molecular complexity index is 17.1. The van der Waals surface area contributed by atoms with Crippen LogP contribution in [0.4, 0.5) is 0 Å². The van der Waals surface area contributed by atoms with E-state index >= 15 is 0 Å². The fourth-order valence-electron chi connectivity index (χ4n) is 0. The molecule has 0 aromatic rings. The minimum absolute atomic E-state index is 0. The second-order valence-corrected chi connectivity index (χ2v) is 0.245. The van der Waals surface area contributed by atoms with Gasteiger partial charge in [0.1, 0.15) is 0 Å². The van der Waals surface area contributed by atoms with Crippen LogP contribution in [0.2, 0.25) is 0 Å². The largest absolute Gasteiger partial charge is 0.344 e. The zero-order chi connectivity index (χ0) is 2.71.